The Morgan fingerprint density at radius 3 is 1.08 bits per heavy atom. The van der Waals surface area contributed by atoms with Gasteiger partial charge in [-0.05, 0) is 95.2 Å². The fourth-order valence-corrected chi connectivity index (χ4v) is 12.2. The Morgan fingerprint density at radius 1 is 0.393 bits per heavy atom. The molecule has 0 radical (unpaired) electrons. The molecular formula is C73H60ClN10+. The average Bonchev–Trinajstić information content (AvgIpc) is 3.69. The van der Waals surface area contributed by atoms with E-state index in [1.807, 2.05) is 48.5 Å². The summed E-state index contributed by atoms with van der Waals surface area (Å²) in [5.41, 5.74) is 13.8. The molecule has 3 aromatic heterocycles. The van der Waals surface area contributed by atoms with E-state index in [1.54, 1.807) is 9.59 Å². The van der Waals surface area contributed by atoms with Crippen LogP contribution < -0.4 is 4.57 Å². The first-order valence-electron chi connectivity index (χ1n) is 28.6. The second-order valence-corrected chi connectivity index (χ2v) is 21.5. The number of nitrogens with zero attached hydrogens (tertiary/aromatic N) is 10. The van der Waals surface area contributed by atoms with Gasteiger partial charge in [-0.25, -0.2) is 9.13 Å². The molecule has 3 heterocycles. The Kier molecular flexibility index (Phi) is 15.0. The Balaban J connectivity index is 0.762. The summed E-state index contributed by atoms with van der Waals surface area (Å²) >= 11 is 7.37. The zero-order chi connectivity index (χ0) is 56.7. The number of unbranched alkanes of at least 4 members (excludes halogenated alkanes) is 1. The van der Waals surface area contributed by atoms with Crippen LogP contribution in [0.15, 0.2) is 285 Å². The summed E-state index contributed by atoms with van der Waals surface area (Å²) in [6.07, 6.45) is 5.14. The van der Waals surface area contributed by atoms with Gasteiger partial charge in [0.15, 0.2) is 16.8 Å². The Hall–Kier alpha value is -10.2. The summed E-state index contributed by atoms with van der Waals surface area (Å²) in [6, 6.07) is 96.7. The second kappa shape index (κ2) is 23.7. The van der Waals surface area contributed by atoms with Crippen LogP contribution in [0.1, 0.15) is 70.0 Å². The Bertz CT molecular complexity index is 4090. The zero-order valence-corrected chi connectivity index (χ0v) is 47.3. The largest absolute Gasteiger partial charge is 0.245 e. The highest BCUT2D eigenvalue weighted by Gasteiger charge is 2.43. The van der Waals surface area contributed by atoms with Gasteiger partial charge in [-0.3, -0.25) is 0 Å². The van der Waals surface area contributed by atoms with Gasteiger partial charge in [0.1, 0.15) is 13.1 Å². The molecular weight excluding hydrogens is 1050 g/mol. The van der Waals surface area contributed by atoms with Crippen molar-refractivity contribution in [3.63, 3.8) is 0 Å². The molecule has 0 amide bonds. The standard InChI is InChI=1S/C73H60ClN10/c1-2-3-42-68-69(74)82(52-55-45-49-57(50-46-55)65-39-23-25-41-67(65)71-76-80-84(78-71)73(61-32-16-7-17-33-61,62-34-18-8-19-35-62)63-36-20-9-21-37-63)53-81(68)51-54-43-47-56(48-44-54)64-38-22-24-40-66(64)70-75-79-83(77-70)72(58-26-10-4-11-27-58,59-28-12-5-13-29-59)60-30-14-6-15-31-60/h4-41,43-50,53H,2-3,42,51-52H2,1H3/q+1. The summed E-state index contributed by atoms with van der Waals surface area (Å²) < 4.78 is 4.48. The van der Waals surface area contributed by atoms with Crippen LogP contribution in [0.25, 0.3) is 45.0 Å². The molecule has 0 fully saturated rings. The molecule has 0 N–H and O–H groups in total. The molecule has 0 bridgehead atoms. The van der Waals surface area contributed by atoms with Crippen LogP contribution in [-0.4, -0.2) is 45.0 Å². The lowest BCUT2D eigenvalue weighted by Gasteiger charge is -2.34. The van der Waals surface area contributed by atoms with E-state index in [2.05, 4.69) is 253 Å². The summed E-state index contributed by atoms with van der Waals surface area (Å²) in [5.74, 6) is 1.08. The van der Waals surface area contributed by atoms with E-state index in [0.717, 1.165) is 102 Å². The minimum absolute atomic E-state index is 0.539. The maximum Gasteiger partial charge on any atom is 0.245 e. The fraction of sp³-hybridized carbons (Fsp3) is 0.110. The van der Waals surface area contributed by atoms with E-state index < -0.39 is 11.1 Å². The number of tetrazole rings is 2. The first-order valence-corrected chi connectivity index (χ1v) is 29.0. The fourth-order valence-electron chi connectivity index (χ4n) is 11.9. The quantitative estimate of drug-likeness (QED) is 0.0591. The SMILES string of the molecule is CCCCc1c(Cl)n(Cc2ccc(-c3ccccc3-c3nnn(C(c4ccccc4)(c4ccccc4)c4ccccc4)n3)cc2)c[n+]1Cc1ccc(-c2ccccc2-c2nnn(C(c3ccccc3)(c3ccccc3)c3ccccc3)n2)cc1. The van der Waals surface area contributed by atoms with Crippen LogP contribution in [-0.2, 0) is 30.6 Å². The van der Waals surface area contributed by atoms with Crippen LogP contribution in [0.3, 0.4) is 0 Å². The normalized spacial score (nSPS) is 11.7. The first kappa shape index (κ1) is 53.2. The lowest BCUT2D eigenvalue weighted by molar-refractivity contribution is -0.695. The summed E-state index contributed by atoms with van der Waals surface area (Å²) in [6.45, 7) is 3.50. The lowest BCUT2D eigenvalue weighted by Crippen LogP contribution is -2.39. The molecule has 0 aliphatic carbocycles. The number of imidazole rings is 1. The van der Waals surface area contributed by atoms with Gasteiger partial charge in [0.25, 0.3) is 0 Å². The van der Waals surface area contributed by atoms with Crippen molar-refractivity contribution < 1.29 is 4.57 Å². The van der Waals surface area contributed by atoms with Crippen molar-refractivity contribution in [3.05, 3.63) is 341 Å². The molecule has 84 heavy (non-hydrogen) atoms. The van der Waals surface area contributed by atoms with Gasteiger partial charge in [0.05, 0.1) is 0 Å². The van der Waals surface area contributed by atoms with E-state index in [0.29, 0.717) is 24.7 Å². The van der Waals surface area contributed by atoms with Gasteiger partial charge in [0, 0.05) is 17.5 Å². The first-order chi connectivity index (χ1) is 41.5. The van der Waals surface area contributed by atoms with Gasteiger partial charge in [-0.15, -0.1) is 30.0 Å². The second-order valence-electron chi connectivity index (χ2n) is 21.1. The van der Waals surface area contributed by atoms with Crippen molar-refractivity contribution in [2.45, 2.75) is 50.4 Å². The maximum atomic E-state index is 7.37. The molecule has 0 saturated heterocycles. The third kappa shape index (κ3) is 10.0. The van der Waals surface area contributed by atoms with Gasteiger partial charge in [-0.1, -0.05) is 292 Å². The van der Waals surface area contributed by atoms with Crippen LogP contribution in [0.4, 0.5) is 0 Å². The monoisotopic (exact) mass is 1110 g/mol. The van der Waals surface area contributed by atoms with E-state index in [-0.39, 0.29) is 0 Å². The third-order valence-electron chi connectivity index (χ3n) is 16.0. The van der Waals surface area contributed by atoms with Gasteiger partial charge >= 0.3 is 0 Å². The van der Waals surface area contributed by atoms with E-state index in [4.69, 9.17) is 42.4 Å². The molecule has 13 aromatic rings. The number of aromatic nitrogens is 10. The number of benzene rings is 10. The Labute approximate surface area is 494 Å². The molecule has 10 aromatic carbocycles. The molecule has 13 rings (SSSR count). The van der Waals surface area contributed by atoms with E-state index in [1.165, 1.54) is 5.56 Å². The highest BCUT2D eigenvalue weighted by molar-refractivity contribution is 6.30. The van der Waals surface area contributed by atoms with Crippen molar-refractivity contribution in [1.82, 2.24) is 45.0 Å². The summed E-state index contributed by atoms with van der Waals surface area (Å²) in [7, 11) is 0. The smallest absolute Gasteiger partial charge is 0.228 e. The van der Waals surface area contributed by atoms with Gasteiger partial charge < -0.3 is 0 Å². The highest BCUT2D eigenvalue weighted by Crippen LogP contribution is 2.43. The molecule has 0 aliphatic rings. The molecule has 0 atom stereocenters. The average molecular weight is 1110 g/mol. The van der Waals surface area contributed by atoms with Gasteiger partial charge in [0.2, 0.25) is 23.1 Å². The highest BCUT2D eigenvalue weighted by atomic mass is 35.5. The molecule has 0 saturated carbocycles. The minimum Gasteiger partial charge on any atom is -0.228 e. The number of hydrogen-bond acceptors (Lipinski definition) is 6. The minimum atomic E-state index is -0.882. The molecule has 10 nitrogen and oxygen atoms in total. The Morgan fingerprint density at radius 2 is 0.726 bits per heavy atom. The molecule has 408 valence electrons. The topological polar surface area (TPSA) is 96.0 Å². The number of rotatable bonds is 19. The molecule has 0 spiro atoms. The predicted molar refractivity (Wildman–Crippen MR) is 333 cm³/mol. The maximum absolute atomic E-state index is 7.37. The molecule has 11 heteroatoms. The lowest BCUT2D eigenvalue weighted by atomic mass is 9.77. The van der Waals surface area contributed by atoms with Crippen molar-refractivity contribution in [2.75, 3.05) is 0 Å². The van der Waals surface area contributed by atoms with Gasteiger partial charge in [-0.2, -0.15) is 0 Å². The summed E-state index contributed by atoms with van der Waals surface area (Å²) in [4.78, 5) is 3.56. The van der Waals surface area contributed by atoms with Crippen molar-refractivity contribution in [2.24, 2.45) is 0 Å². The van der Waals surface area contributed by atoms with Crippen molar-refractivity contribution >= 4 is 11.6 Å². The molecule has 0 aliphatic heterocycles. The predicted octanol–water partition coefficient (Wildman–Crippen LogP) is 15.2. The van der Waals surface area contributed by atoms with E-state index in [9.17, 15) is 0 Å². The number of hydrogen-bond donors (Lipinski definition) is 0. The number of halogens is 1. The third-order valence-corrected chi connectivity index (χ3v) is 16.5. The molecule has 0 unspecified atom stereocenters. The van der Waals surface area contributed by atoms with Crippen LogP contribution >= 0.6 is 11.6 Å². The van der Waals surface area contributed by atoms with Crippen molar-refractivity contribution in [3.8, 4) is 45.0 Å². The van der Waals surface area contributed by atoms with Crippen LogP contribution in [0, 0.1) is 0 Å². The van der Waals surface area contributed by atoms with E-state index >= 15 is 0 Å². The van der Waals surface area contributed by atoms with Crippen LogP contribution in [0.2, 0.25) is 5.15 Å². The summed E-state index contributed by atoms with van der Waals surface area (Å²) in [5, 5.41) is 30.5. The van der Waals surface area contributed by atoms with Crippen LogP contribution in [0.5, 0.6) is 0 Å². The zero-order valence-electron chi connectivity index (χ0n) is 46.5. The van der Waals surface area contributed by atoms with Crippen molar-refractivity contribution in [1.29, 1.82) is 0 Å².